The number of aromatic nitrogens is 3. The molecule has 4 aliphatic rings. The smallest absolute Gasteiger partial charge is 0.280 e. The first-order valence-corrected chi connectivity index (χ1v) is 10.8. The Bertz CT molecular complexity index is 918. The summed E-state index contributed by atoms with van der Waals surface area (Å²) in [4.78, 5) is 17.5. The third-order valence-corrected chi connectivity index (χ3v) is 7.63. The monoisotopic (exact) mass is 402 g/mol. The van der Waals surface area contributed by atoms with Gasteiger partial charge in [0.05, 0.1) is 6.20 Å². The van der Waals surface area contributed by atoms with Gasteiger partial charge in [0.25, 0.3) is 12.3 Å². The zero-order chi connectivity index (χ0) is 20.3. The molecule has 156 valence electrons. The number of nitrogens with zero attached hydrogens (tertiary/aromatic N) is 3. The van der Waals surface area contributed by atoms with Crippen LogP contribution in [0, 0.1) is 30.1 Å². The molecule has 29 heavy (non-hydrogen) atoms. The molecule has 4 aliphatic carbocycles. The highest BCUT2D eigenvalue weighted by Crippen LogP contribution is 2.61. The molecule has 6 rings (SSSR count). The van der Waals surface area contributed by atoms with Crippen molar-refractivity contribution in [3.63, 3.8) is 0 Å². The van der Waals surface area contributed by atoms with Gasteiger partial charge in [-0.15, -0.1) is 0 Å². The van der Waals surface area contributed by atoms with Crippen LogP contribution >= 0.6 is 0 Å². The number of nitrogens with one attached hydrogen (secondary N) is 1. The van der Waals surface area contributed by atoms with Gasteiger partial charge in [0.15, 0.2) is 5.65 Å². The van der Waals surface area contributed by atoms with Crippen molar-refractivity contribution in [1.29, 1.82) is 0 Å². The third kappa shape index (κ3) is 3.04. The molecule has 5 nitrogen and oxygen atoms in total. The molecule has 4 fully saturated rings. The van der Waals surface area contributed by atoms with E-state index in [1.54, 1.807) is 6.92 Å². The van der Waals surface area contributed by atoms with Gasteiger partial charge < -0.3 is 5.32 Å². The van der Waals surface area contributed by atoms with E-state index in [2.05, 4.69) is 22.3 Å². The highest BCUT2D eigenvalue weighted by molar-refractivity contribution is 5.99. The van der Waals surface area contributed by atoms with Crippen molar-refractivity contribution in [2.45, 2.75) is 71.3 Å². The van der Waals surface area contributed by atoms with Crippen LogP contribution in [-0.4, -0.2) is 26.5 Å². The largest absolute Gasteiger partial charge is 0.349 e. The Morgan fingerprint density at radius 1 is 1.24 bits per heavy atom. The molecule has 0 aliphatic heterocycles. The van der Waals surface area contributed by atoms with Crippen LogP contribution in [0.5, 0.6) is 0 Å². The second kappa shape index (κ2) is 6.74. The topological polar surface area (TPSA) is 59.3 Å². The van der Waals surface area contributed by atoms with Crippen LogP contribution in [0.2, 0.25) is 0 Å². The molecule has 7 heteroatoms. The van der Waals surface area contributed by atoms with Crippen molar-refractivity contribution >= 4 is 11.6 Å². The number of aryl methyl sites for hydroxylation is 1. The quantitative estimate of drug-likeness (QED) is 0.789. The first-order valence-electron chi connectivity index (χ1n) is 10.8. The first-order chi connectivity index (χ1) is 13.9. The fourth-order valence-corrected chi connectivity index (χ4v) is 6.96. The second-order valence-corrected chi connectivity index (χ2v) is 9.63. The second-order valence-electron chi connectivity index (χ2n) is 9.63. The summed E-state index contributed by atoms with van der Waals surface area (Å²) in [6, 6.07) is 1.43. The Labute approximate surface area is 169 Å². The van der Waals surface area contributed by atoms with Crippen molar-refractivity contribution in [3.8, 4) is 0 Å². The summed E-state index contributed by atoms with van der Waals surface area (Å²) in [6.45, 7) is 3.79. The fraction of sp³-hybridized carbons (Fsp3) is 0.682. The van der Waals surface area contributed by atoms with Crippen molar-refractivity contribution in [3.05, 3.63) is 29.2 Å². The summed E-state index contributed by atoms with van der Waals surface area (Å²) in [5.41, 5.74) is 0.895. The third-order valence-electron chi connectivity index (χ3n) is 7.63. The van der Waals surface area contributed by atoms with Crippen molar-refractivity contribution in [2.24, 2.45) is 23.2 Å². The van der Waals surface area contributed by atoms with Crippen LogP contribution in [0.1, 0.15) is 80.0 Å². The van der Waals surface area contributed by atoms with Crippen LogP contribution in [0.25, 0.3) is 5.65 Å². The molecule has 2 aromatic heterocycles. The normalized spacial score (nSPS) is 31.6. The van der Waals surface area contributed by atoms with E-state index in [0.29, 0.717) is 5.69 Å². The minimum atomic E-state index is -2.68. The van der Waals surface area contributed by atoms with Gasteiger partial charge in [0.2, 0.25) is 0 Å². The number of alkyl halides is 2. The number of rotatable bonds is 5. The van der Waals surface area contributed by atoms with E-state index in [4.69, 9.17) is 0 Å². The Balaban J connectivity index is 1.44. The van der Waals surface area contributed by atoms with Gasteiger partial charge in [-0.25, -0.2) is 18.3 Å². The molecule has 2 aromatic rings. The summed E-state index contributed by atoms with van der Waals surface area (Å²) >= 11 is 0. The van der Waals surface area contributed by atoms with Gasteiger partial charge in [-0.1, -0.05) is 6.92 Å². The zero-order valence-corrected chi connectivity index (χ0v) is 17.0. The molecule has 1 amide bonds. The van der Waals surface area contributed by atoms with E-state index >= 15 is 0 Å². The van der Waals surface area contributed by atoms with E-state index in [0.717, 1.165) is 28.7 Å². The van der Waals surface area contributed by atoms with Crippen LogP contribution in [-0.2, 0) is 0 Å². The molecule has 4 bridgehead atoms. The number of amides is 1. The number of carbonyl (C=O) groups excluding carboxylic acids is 1. The SMILES string of the molecule is CCC(NC(=O)c1cnn2c(C(F)F)cc(C)nc12)C12CC3CC(CC(C3)C1)C2. The number of hydrogen-bond acceptors (Lipinski definition) is 3. The molecule has 2 heterocycles. The summed E-state index contributed by atoms with van der Waals surface area (Å²) in [5, 5.41) is 7.31. The average Bonchev–Trinajstić information content (AvgIpc) is 3.07. The van der Waals surface area contributed by atoms with E-state index in [-0.39, 0.29) is 34.3 Å². The molecule has 0 aromatic carbocycles. The van der Waals surface area contributed by atoms with E-state index in [9.17, 15) is 13.6 Å². The number of carbonyl (C=O) groups is 1. The standard InChI is InChI=1S/C22H28F2N4O/c1-3-18(22-8-13-5-14(9-22)7-15(6-13)10-22)27-21(29)16-11-25-28-17(19(23)24)4-12(2)26-20(16)28/h4,11,13-15,18-19H,3,5-10H2,1-2H3,(H,27,29). The summed E-state index contributed by atoms with van der Waals surface area (Å²) < 4.78 is 27.9. The maximum atomic E-state index is 13.4. The van der Waals surface area contributed by atoms with E-state index in [1.807, 2.05) is 0 Å². The highest BCUT2D eigenvalue weighted by Gasteiger charge is 2.54. The molecule has 1 unspecified atom stereocenters. The van der Waals surface area contributed by atoms with Crippen LogP contribution in [0.3, 0.4) is 0 Å². The Morgan fingerprint density at radius 3 is 2.41 bits per heavy atom. The summed E-state index contributed by atoms with van der Waals surface area (Å²) in [7, 11) is 0. The highest BCUT2D eigenvalue weighted by atomic mass is 19.3. The molecular weight excluding hydrogens is 374 g/mol. The van der Waals surface area contributed by atoms with Gasteiger partial charge in [-0.3, -0.25) is 4.79 Å². The molecule has 0 radical (unpaired) electrons. The van der Waals surface area contributed by atoms with Crippen molar-refractivity contribution in [1.82, 2.24) is 19.9 Å². The van der Waals surface area contributed by atoms with Gasteiger partial charge in [-0.2, -0.15) is 5.10 Å². The van der Waals surface area contributed by atoms with Crippen molar-refractivity contribution < 1.29 is 13.6 Å². The molecule has 1 atom stereocenters. The molecule has 4 saturated carbocycles. The number of hydrogen-bond donors (Lipinski definition) is 1. The predicted molar refractivity (Wildman–Crippen MR) is 105 cm³/mol. The lowest BCUT2D eigenvalue weighted by molar-refractivity contribution is -0.0727. The molecule has 1 N–H and O–H groups in total. The number of halogens is 2. The molecule has 0 saturated heterocycles. The molecule has 0 spiro atoms. The maximum Gasteiger partial charge on any atom is 0.280 e. The van der Waals surface area contributed by atoms with Gasteiger partial charge >= 0.3 is 0 Å². The summed E-state index contributed by atoms with van der Waals surface area (Å²) in [6.07, 6.45) is 7.27. The predicted octanol–water partition coefficient (Wildman–Crippen LogP) is 4.70. The first kappa shape index (κ1) is 18.9. The zero-order valence-electron chi connectivity index (χ0n) is 17.0. The lowest BCUT2D eigenvalue weighted by atomic mass is 9.47. The lowest BCUT2D eigenvalue weighted by Crippen LogP contribution is -2.56. The van der Waals surface area contributed by atoms with E-state index in [1.165, 1.54) is 50.8 Å². The molecular formula is C22H28F2N4O. The minimum absolute atomic E-state index is 0.109. The minimum Gasteiger partial charge on any atom is -0.349 e. The number of fused-ring (bicyclic) bond motifs is 1. The van der Waals surface area contributed by atoms with Gasteiger partial charge in [0, 0.05) is 11.7 Å². The van der Waals surface area contributed by atoms with Crippen LogP contribution < -0.4 is 5.32 Å². The fourth-order valence-electron chi connectivity index (χ4n) is 6.96. The maximum absolute atomic E-state index is 13.4. The summed E-state index contributed by atoms with van der Waals surface area (Å²) in [5.74, 6) is 2.17. The van der Waals surface area contributed by atoms with Gasteiger partial charge in [-0.05, 0) is 81.1 Å². The van der Waals surface area contributed by atoms with E-state index < -0.39 is 6.43 Å². The van der Waals surface area contributed by atoms with Crippen molar-refractivity contribution in [2.75, 3.05) is 0 Å². The Hall–Kier alpha value is -2.05. The lowest BCUT2D eigenvalue weighted by Gasteiger charge is -2.59. The van der Waals surface area contributed by atoms with Gasteiger partial charge in [0.1, 0.15) is 11.3 Å². The van der Waals surface area contributed by atoms with Crippen LogP contribution in [0.15, 0.2) is 12.3 Å². The average molecular weight is 402 g/mol. The Morgan fingerprint density at radius 2 is 1.86 bits per heavy atom. The van der Waals surface area contributed by atoms with Crippen LogP contribution in [0.4, 0.5) is 8.78 Å². The Kier molecular flexibility index (Phi) is 4.40.